The van der Waals surface area contributed by atoms with E-state index in [1.165, 1.54) is 5.56 Å². The number of benzene rings is 2. The second kappa shape index (κ2) is 6.26. The molecule has 0 saturated heterocycles. The quantitative estimate of drug-likeness (QED) is 0.819. The monoisotopic (exact) mass is 380 g/mol. The smallest absolute Gasteiger partial charge is 0.255 e. The summed E-state index contributed by atoms with van der Waals surface area (Å²) in [5.74, 6) is -0.0860. The number of hydrogen-bond acceptors (Lipinski definition) is 2. The van der Waals surface area contributed by atoms with Crippen LogP contribution in [0, 0.1) is 10.5 Å². The van der Waals surface area contributed by atoms with E-state index >= 15 is 0 Å². The maximum Gasteiger partial charge on any atom is 0.255 e. The van der Waals surface area contributed by atoms with Crippen LogP contribution in [0.25, 0.3) is 0 Å². The van der Waals surface area contributed by atoms with Gasteiger partial charge in [0.15, 0.2) is 0 Å². The van der Waals surface area contributed by atoms with E-state index in [0.717, 1.165) is 14.9 Å². The molecule has 0 unspecified atom stereocenters. The van der Waals surface area contributed by atoms with Crippen LogP contribution < -0.4 is 10.2 Å². The molecule has 0 aliphatic heterocycles. The van der Waals surface area contributed by atoms with Gasteiger partial charge in [0, 0.05) is 34.6 Å². The van der Waals surface area contributed by atoms with E-state index in [-0.39, 0.29) is 5.91 Å². The minimum absolute atomic E-state index is 0.0860. The van der Waals surface area contributed by atoms with Crippen LogP contribution in [0.5, 0.6) is 0 Å². The summed E-state index contributed by atoms with van der Waals surface area (Å²) in [6.07, 6.45) is 0. The van der Waals surface area contributed by atoms with Crippen molar-refractivity contribution in [3.05, 3.63) is 57.2 Å². The van der Waals surface area contributed by atoms with Crippen LogP contribution in [0.2, 0.25) is 0 Å². The fraction of sp³-hybridized carbons (Fsp3) is 0.188. The highest BCUT2D eigenvalue weighted by molar-refractivity contribution is 14.1. The van der Waals surface area contributed by atoms with Crippen molar-refractivity contribution in [2.24, 2.45) is 0 Å². The standard InChI is InChI=1S/C16H17IN2O/c1-11-7-8-14(10-15(11)19(2)3)18-16(20)12-5-4-6-13(17)9-12/h4-10H,1-3H3,(H,18,20). The Labute approximate surface area is 133 Å². The number of hydrogen-bond donors (Lipinski definition) is 1. The number of nitrogens with one attached hydrogen (secondary N) is 1. The minimum atomic E-state index is -0.0860. The Hall–Kier alpha value is -1.56. The van der Waals surface area contributed by atoms with Crippen LogP contribution in [-0.2, 0) is 0 Å². The van der Waals surface area contributed by atoms with Gasteiger partial charge >= 0.3 is 0 Å². The average Bonchev–Trinajstić information content (AvgIpc) is 2.40. The van der Waals surface area contributed by atoms with Crippen molar-refractivity contribution in [2.75, 3.05) is 24.3 Å². The first-order chi connectivity index (χ1) is 9.47. The summed E-state index contributed by atoms with van der Waals surface area (Å²) in [7, 11) is 3.99. The number of carbonyl (C=O) groups is 1. The minimum Gasteiger partial charge on any atom is -0.377 e. The highest BCUT2D eigenvalue weighted by Gasteiger charge is 2.08. The molecule has 1 N–H and O–H groups in total. The normalized spacial score (nSPS) is 10.2. The molecule has 0 saturated carbocycles. The number of halogens is 1. The molecular weight excluding hydrogens is 363 g/mol. The van der Waals surface area contributed by atoms with Gasteiger partial charge in [-0.3, -0.25) is 4.79 Å². The van der Waals surface area contributed by atoms with E-state index in [1.807, 2.05) is 61.5 Å². The summed E-state index contributed by atoms with van der Waals surface area (Å²) >= 11 is 2.20. The molecule has 2 rings (SSSR count). The molecule has 0 aliphatic carbocycles. The van der Waals surface area contributed by atoms with Gasteiger partial charge in [-0.2, -0.15) is 0 Å². The molecule has 0 aliphatic rings. The summed E-state index contributed by atoms with van der Waals surface area (Å²) in [6, 6.07) is 13.5. The number of rotatable bonds is 3. The number of anilines is 2. The van der Waals surface area contributed by atoms with Gasteiger partial charge in [-0.1, -0.05) is 12.1 Å². The predicted octanol–water partition coefficient (Wildman–Crippen LogP) is 3.92. The van der Waals surface area contributed by atoms with Crippen molar-refractivity contribution in [1.29, 1.82) is 0 Å². The van der Waals surface area contributed by atoms with Crippen molar-refractivity contribution in [3.63, 3.8) is 0 Å². The number of nitrogens with zero attached hydrogens (tertiary/aromatic N) is 1. The molecule has 0 bridgehead atoms. The van der Waals surface area contributed by atoms with Gasteiger partial charge in [0.05, 0.1) is 0 Å². The zero-order valence-corrected chi connectivity index (χ0v) is 13.9. The van der Waals surface area contributed by atoms with E-state index in [1.54, 1.807) is 0 Å². The Morgan fingerprint density at radius 2 is 1.90 bits per heavy atom. The van der Waals surface area contributed by atoms with E-state index in [2.05, 4.69) is 34.8 Å². The zero-order chi connectivity index (χ0) is 14.7. The summed E-state index contributed by atoms with van der Waals surface area (Å²) in [6.45, 7) is 2.06. The van der Waals surface area contributed by atoms with Crippen LogP contribution in [0.4, 0.5) is 11.4 Å². The Kier molecular flexibility index (Phi) is 4.65. The largest absolute Gasteiger partial charge is 0.377 e. The molecule has 0 atom stereocenters. The molecule has 1 amide bonds. The van der Waals surface area contributed by atoms with Crippen molar-refractivity contribution < 1.29 is 4.79 Å². The first-order valence-corrected chi connectivity index (χ1v) is 7.40. The second-order valence-electron chi connectivity index (χ2n) is 4.86. The molecular formula is C16H17IN2O. The van der Waals surface area contributed by atoms with E-state index < -0.39 is 0 Å². The Bertz CT molecular complexity index is 638. The van der Waals surface area contributed by atoms with Gasteiger partial charge in [-0.05, 0) is 65.4 Å². The predicted molar refractivity (Wildman–Crippen MR) is 92.6 cm³/mol. The van der Waals surface area contributed by atoms with Crippen molar-refractivity contribution in [2.45, 2.75) is 6.92 Å². The van der Waals surface area contributed by atoms with Gasteiger partial charge in [-0.25, -0.2) is 0 Å². The van der Waals surface area contributed by atoms with Crippen LogP contribution in [0.1, 0.15) is 15.9 Å². The Morgan fingerprint density at radius 3 is 2.55 bits per heavy atom. The lowest BCUT2D eigenvalue weighted by Crippen LogP contribution is -2.14. The van der Waals surface area contributed by atoms with Gasteiger partial charge in [0.2, 0.25) is 0 Å². The molecule has 2 aromatic rings. The molecule has 104 valence electrons. The molecule has 0 radical (unpaired) electrons. The highest BCUT2D eigenvalue weighted by Crippen LogP contribution is 2.23. The summed E-state index contributed by atoms with van der Waals surface area (Å²) in [5.41, 5.74) is 3.76. The average molecular weight is 380 g/mol. The fourth-order valence-corrected chi connectivity index (χ4v) is 2.55. The molecule has 0 aromatic heterocycles. The fourth-order valence-electron chi connectivity index (χ4n) is 2.00. The zero-order valence-electron chi connectivity index (χ0n) is 11.8. The summed E-state index contributed by atoms with van der Waals surface area (Å²) in [5, 5.41) is 2.94. The van der Waals surface area contributed by atoms with Crippen LogP contribution in [0.15, 0.2) is 42.5 Å². The molecule has 0 heterocycles. The Morgan fingerprint density at radius 1 is 1.15 bits per heavy atom. The lowest BCUT2D eigenvalue weighted by molar-refractivity contribution is 0.102. The third-order valence-electron chi connectivity index (χ3n) is 3.04. The van der Waals surface area contributed by atoms with Crippen molar-refractivity contribution >= 4 is 39.9 Å². The molecule has 3 nitrogen and oxygen atoms in total. The maximum absolute atomic E-state index is 12.2. The van der Waals surface area contributed by atoms with Crippen LogP contribution in [0.3, 0.4) is 0 Å². The topological polar surface area (TPSA) is 32.3 Å². The van der Waals surface area contributed by atoms with Crippen molar-refractivity contribution in [1.82, 2.24) is 0 Å². The Balaban J connectivity index is 2.22. The van der Waals surface area contributed by atoms with E-state index in [0.29, 0.717) is 5.56 Å². The first-order valence-electron chi connectivity index (χ1n) is 6.32. The lowest BCUT2D eigenvalue weighted by atomic mass is 10.1. The molecule has 0 spiro atoms. The SMILES string of the molecule is Cc1ccc(NC(=O)c2cccc(I)c2)cc1N(C)C. The maximum atomic E-state index is 12.2. The molecule has 0 fully saturated rings. The van der Waals surface area contributed by atoms with Crippen molar-refractivity contribution in [3.8, 4) is 0 Å². The second-order valence-corrected chi connectivity index (χ2v) is 6.11. The van der Waals surface area contributed by atoms with Crippen LogP contribution >= 0.6 is 22.6 Å². The van der Waals surface area contributed by atoms with Gasteiger partial charge < -0.3 is 10.2 Å². The third kappa shape index (κ3) is 3.50. The number of amides is 1. The van der Waals surface area contributed by atoms with Crippen LogP contribution in [-0.4, -0.2) is 20.0 Å². The van der Waals surface area contributed by atoms with Gasteiger partial charge in [0.25, 0.3) is 5.91 Å². The van der Waals surface area contributed by atoms with Gasteiger partial charge in [0.1, 0.15) is 0 Å². The van der Waals surface area contributed by atoms with E-state index in [4.69, 9.17) is 0 Å². The summed E-state index contributed by atoms with van der Waals surface area (Å²) < 4.78 is 1.05. The molecule has 2 aromatic carbocycles. The molecule has 4 heteroatoms. The molecule has 20 heavy (non-hydrogen) atoms. The summed E-state index contributed by atoms with van der Waals surface area (Å²) in [4.78, 5) is 14.2. The van der Waals surface area contributed by atoms with E-state index in [9.17, 15) is 4.79 Å². The highest BCUT2D eigenvalue weighted by atomic mass is 127. The number of aryl methyl sites for hydroxylation is 1. The first kappa shape index (κ1) is 14.8. The third-order valence-corrected chi connectivity index (χ3v) is 3.71. The lowest BCUT2D eigenvalue weighted by Gasteiger charge is -2.17. The number of carbonyl (C=O) groups excluding carboxylic acids is 1. The van der Waals surface area contributed by atoms with Gasteiger partial charge in [-0.15, -0.1) is 0 Å².